The number of nitro benzene ring substituents is 1. The molecule has 3 aromatic carbocycles. The summed E-state index contributed by atoms with van der Waals surface area (Å²) in [5, 5.41) is 13.4. The smallest absolute Gasteiger partial charge is 0.271 e. The zero-order chi connectivity index (χ0) is 20.9. The molecule has 0 spiro atoms. The van der Waals surface area contributed by atoms with E-state index in [1.54, 1.807) is 48.5 Å². The van der Waals surface area contributed by atoms with E-state index < -0.39 is 27.4 Å². The topological polar surface area (TPSA) is 110 Å². The van der Waals surface area contributed by atoms with Gasteiger partial charge in [-0.05, 0) is 30.3 Å². The summed E-state index contributed by atoms with van der Waals surface area (Å²) in [5.41, 5.74) is 0.347. The molecular weight excluding hydrogens is 394 g/mol. The van der Waals surface area contributed by atoms with Crippen LogP contribution in [-0.4, -0.2) is 25.8 Å². The van der Waals surface area contributed by atoms with E-state index in [9.17, 15) is 23.3 Å². The van der Waals surface area contributed by atoms with E-state index in [-0.39, 0.29) is 16.3 Å². The van der Waals surface area contributed by atoms with Gasteiger partial charge in [0.25, 0.3) is 15.7 Å². The largest absolute Gasteiger partial charge is 0.324 e. The molecule has 1 amide bonds. The van der Waals surface area contributed by atoms with Gasteiger partial charge in [0.05, 0.1) is 15.5 Å². The van der Waals surface area contributed by atoms with Crippen LogP contribution in [0.15, 0.2) is 89.8 Å². The molecule has 0 aliphatic heterocycles. The van der Waals surface area contributed by atoms with Gasteiger partial charge in [0.1, 0.15) is 6.54 Å². The first kappa shape index (κ1) is 20.0. The third-order valence-electron chi connectivity index (χ3n) is 4.00. The van der Waals surface area contributed by atoms with Gasteiger partial charge in [0, 0.05) is 17.8 Å². The van der Waals surface area contributed by atoms with Crippen LogP contribution >= 0.6 is 0 Å². The number of hydrogen-bond donors (Lipinski definition) is 1. The number of non-ortho nitro benzene ring substituents is 1. The maximum Gasteiger partial charge on any atom is 0.271 e. The van der Waals surface area contributed by atoms with E-state index in [0.29, 0.717) is 5.69 Å². The van der Waals surface area contributed by atoms with Crippen LogP contribution in [0.5, 0.6) is 0 Å². The predicted octanol–water partition coefficient (Wildman–Crippen LogP) is 3.43. The first-order valence-electron chi connectivity index (χ1n) is 8.55. The minimum absolute atomic E-state index is 0.0482. The summed E-state index contributed by atoms with van der Waals surface area (Å²) < 4.78 is 27.2. The Labute approximate surface area is 167 Å². The molecule has 148 valence electrons. The highest BCUT2D eigenvalue weighted by Gasteiger charge is 2.27. The van der Waals surface area contributed by atoms with Crippen LogP contribution < -0.4 is 9.62 Å². The third-order valence-corrected chi connectivity index (χ3v) is 5.79. The number of sulfonamides is 1. The summed E-state index contributed by atoms with van der Waals surface area (Å²) in [6.45, 7) is -0.496. The van der Waals surface area contributed by atoms with Gasteiger partial charge >= 0.3 is 0 Å². The number of nitro groups is 1. The van der Waals surface area contributed by atoms with E-state index in [1.165, 1.54) is 36.4 Å². The second-order valence-corrected chi connectivity index (χ2v) is 7.88. The van der Waals surface area contributed by atoms with Gasteiger partial charge in [-0.1, -0.05) is 42.5 Å². The lowest BCUT2D eigenvalue weighted by atomic mass is 10.3. The molecule has 0 aromatic heterocycles. The van der Waals surface area contributed by atoms with Crippen LogP contribution in [0.1, 0.15) is 0 Å². The lowest BCUT2D eigenvalue weighted by Crippen LogP contribution is -2.38. The van der Waals surface area contributed by atoms with Crippen molar-refractivity contribution >= 4 is 33.0 Å². The summed E-state index contributed by atoms with van der Waals surface area (Å²) in [6, 6.07) is 21.5. The minimum atomic E-state index is -4.00. The van der Waals surface area contributed by atoms with E-state index in [4.69, 9.17) is 0 Å². The summed E-state index contributed by atoms with van der Waals surface area (Å²) in [6.07, 6.45) is 0. The Morgan fingerprint density at radius 2 is 1.55 bits per heavy atom. The molecule has 0 aliphatic rings. The summed E-state index contributed by atoms with van der Waals surface area (Å²) in [4.78, 5) is 22.9. The number of carbonyl (C=O) groups excluding carboxylic acids is 1. The Morgan fingerprint density at radius 1 is 0.931 bits per heavy atom. The lowest BCUT2D eigenvalue weighted by Gasteiger charge is -2.24. The molecule has 0 radical (unpaired) electrons. The predicted molar refractivity (Wildman–Crippen MR) is 109 cm³/mol. The van der Waals surface area contributed by atoms with Crippen molar-refractivity contribution in [3.63, 3.8) is 0 Å². The number of carbonyl (C=O) groups is 1. The van der Waals surface area contributed by atoms with Gasteiger partial charge in [0.2, 0.25) is 5.91 Å². The normalized spacial score (nSPS) is 10.9. The number of amides is 1. The second-order valence-electron chi connectivity index (χ2n) is 6.02. The number of nitrogens with one attached hydrogen (secondary N) is 1. The standard InChI is InChI=1S/C20H17N3O5S/c24-20(21-16-8-7-11-18(14-16)23(25)26)15-22(17-9-3-1-4-10-17)29(27,28)19-12-5-2-6-13-19/h1-14H,15H2,(H,21,24). The van der Waals surface area contributed by atoms with Gasteiger partial charge in [-0.3, -0.25) is 19.2 Å². The van der Waals surface area contributed by atoms with E-state index in [0.717, 1.165) is 4.31 Å². The van der Waals surface area contributed by atoms with Gasteiger partial charge < -0.3 is 5.32 Å². The average Bonchev–Trinajstić information content (AvgIpc) is 2.73. The van der Waals surface area contributed by atoms with Crippen LogP contribution in [0.2, 0.25) is 0 Å². The van der Waals surface area contributed by atoms with Gasteiger partial charge in [-0.2, -0.15) is 0 Å². The molecule has 8 nitrogen and oxygen atoms in total. The Morgan fingerprint density at radius 3 is 2.17 bits per heavy atom. The number of nitrogens with zero attached hydrogens (tertiary/aromatic N) is 2. The molecule has 29 heavy (non-hydrogen) atoms. The quantitative estimate of drug-likeness (QED) is 0.473. The maximum atomic E-state index is 13.1. The molecule has 0 saturated heterocycles. The van der Waals surface area contributed by atoms with E-state index in [2.05, 4.69) is 5.32 Å². The zero-order valence-electron chi connectivity index (χ0n) is 15.1. The fourth-order valence-electron chi connectivity index (χ4n) is 2.66. The monoisotopic (exact) mass is 411 g/mol. The number of rotatable bonds is 7. The molecule has 0 atom stereocenters. The average molecular weight is 411 g/mol. The fraction of sp³-hybridized carbons (Fsp3) is 0.0500. The third kappa shape index (κ3) is 4.77. The first-order chi connectivity index (χ1) is 13.9. The Bertz CT molecular complexity index is 1120. The first-order valence-corrected chi connectivity index (χ1v) is 9.99. The van der Waals surface area contributed by atoms with Crippen molar-refractivity contribution in [1.29, 1.82) is 0 Å². The highest BCUT2D eigenvalue weighted by Crippen LogP contribution is 2.24. The lowest BCUT2D eigenvalue weighted by molar-refractivity contribution is -0.384. The van der Waals surface area contributed by atoms with Crippen molar-refractivity contribution < 1.29 is 18.1 Å². The minimum Gasteiger partial charge on any atom is -0.324 e. The SMILES string of the molecule is O=C(CN(c1ccccc1)S(=O)(=O)c1ccccc1)Nc1cccc([N+](=O)[O-])c1. The maximum absolute atomic E-state index is 13.1. The van der Waals surface area contributed by atoms with Crippen LogP contribution in [0.25, 0.3) is 0 Å². The summed E-state index contributed by atoms with van der Waals surface area (Å²) >= 11 is 0. The number of benzene rings is 3. The Hall–Kier alpha value is -3.72. The molecule has 3 rings (SSSR count). The zero-order valence-corrected chi connectivity index (χ0v) is 16.0. The molecular formula is C20H17N3O5S. The van der Waals surface area contributed by atoms with Crippen molar-refractivity contribution in [2.75, 3.05) is 16.2 Å². The summed E-state index contributed by atoms with van der Waals surface area (Å²) in [5.74, 6) is -0.631. The van der Waals surface area contributed by atoms with Gasteiger partial charge in [-0.15, -0.1) is 0 Å². The molecule has 3 aromatic rings. The molecule has 9 heteroatoms. The van der Waals surface area contributed by atoms with Gasteiger partial charge in [-0.25, -0.2) is 8.42 Å². The Kier molecular flexibility index (Phi) is 5.89. The van der Waals surface area contributed by atoms with Crippen molar-refractivity contribution in [1.82, 2.24) is 0 Å². The van der Waals surface area contributed by atoms with Crippen LogP contribution in [0.3, 0.4) is 0 Å². The fourth-order valence-corrected chi connectivity index (χ4v) is 4.10. The summed E-state index contributed by atoms with van der Waals surface area (Å²) in [7, 11) is -4.00. The highest BCUT2D eigenvalue weighted by atomic mass is 32.2. The Balaban J connectivity index is 1.89. The molecule has 1 N–H and O–H groups in total. The van der Waals surface area contributed by atoms with Crippen LogP contribution in [0.4, 0.5) is 17.1 Å². The molecule has 0 unspecified atom stereocenters. The van der Waals surface area contributed by atoms with Crippen molar-refractivity contribution in [3.8, 4) is 0 Å². The highest BCUT2D eigenvalue weighted by molar-refractivity contribution is 7.92. The van der Waals surface area contributed by atoms with E-state index in [1.807, 2.05) is 0 Å². The van der Waals surface area contributed by atoms with E-state index >= 15 is 0 Å². The van der Waals surface area contributed by atoms with Crippen LogP contribution in [-0.2, 0) is 14.8 Å². The number of anilines is 2. The van der Waals surface area contributed by atoms with Crippen molar-refractivity contribution in [2.24, 2.45) is 0 Å². The molecule has 0 fully saturated rings. The number of para-hydroxylation sites is 1. The van der Waals surface area contributed by atoms with Gasteiger partial charge in [0.15, 0.2) is 0 Å². The molecule has 0 aliphatic carbocycles. The van der Waals surface area contributed by atoms with Crippen molar-refractivity contribution in [2.45, 2.75) is 4.90 Å². The molecule has 0 bridgehead atoms. The number of hydrogen-bond acceptors (Lipinski definition) is 5. The van der Waals surface area contributed by atoms with Crippen LogP contribution in [0, 0.1) is 10.1 Å². The molecule has 0 heterocycles. The molecule has 0 saturated carbocycles. The van der Waals surface area contributed by atoms with Crippen molar-refractivity contribution in [3.05, 3.63) is 95.0 Å². The second kappa shape index (κ2) is 8.53.